The van der Waals surface area contributed by atoms with Crippen molar-refractivity contribution in [3.05, 3.63) is 0 Å². The normalized spacial score (nSPS) is 38.5. The van der Waals surface area contributed by atoms with Gasteiger partial charge in [-0.15, -0.1) is 11.6 Å². The zero-order valence-corrected chi connectivity index (χ0v) is 11.8. The van der Waals surface area contributed by atoms with Crippen LogP contribution in [0.4, 0.5) is 0 Å². The maximum absolute atomic E-state index is 11.8. The quantitative estimate of drug-likeness (QED) is 0.499. The molecule has 19 heavy (non-hydrogen) atoms. The van der Waals surface area contributed by atoms with Crippen LogP contribution < -0.4 is 5.32 Å². The summed E-state index contributed by atoms with van der Waals surface area (Å²) in [6.07, 6.45) is -1.69. The van der Waals surface area contributed by atoms with Crippen molar-refractivity contribution in [3.63, 3.8) is 0 Å². The number of nitrogens with zero attached hydrogens (tertiary/aromatic N) is 1. The van der Waals surface area contributed by atoms with Crippen molar-refractivity contribution in [1.29, 1.82) is 0 Å². The molecule has 2 heterocycles. The molecule has 4 atom stereocenters. The Morgan fingerprint density at radius 2 is 1.84 bits per heavy atom. The minimum atomic E-state index is -3.18. The number of halogens is 1. The molecule has 2 fully saturated rings. The van der Waals surface area contributed by atoms with Gasteiger partial charge in [0.1, 0.15) is 0 Å². The number of nitrogens with one attached hydrogen (secondary N) is 1. The van der Waals surface area contributed by atoms with Crippen molar-refractivity contribution in [1.82, 2.24) is 10.2 Å². The summed E-state index contributed by atoms with van der Waals surface area (Å²) in [6, 6.07) is -0.573. The van der Waals surface area contributed by atoms with E-state index in [0.717, 1.165) is 0 Å². The number of rotatable bonds is 3. The first-order valence-corrected chi connectivity index (χ1v) is 8.25. The number of likely N-dealkylation sites (tertiary alicyclic amines) is 1. The standard InChI is InChI=1S/C10H17ClN2O5S/c11-6-4-19(17,18)5-7(6)12-10(16)3-13-1-8(14)9(15)2-13/h6-9,14-15H,1-5H2,(H,12,16). The molecule has 0 aromatic rings. The van der Waals surface area contributed by atoms with E-state index in [0.29, 0.717) is 0 Å². The molecule has 0 saturated carbocycles. The number of β-amino-alcohol motifs (C(OH)–C–C–N with tert-alkyl or cyclic N) is 2. The first kappa shape index (κ1) is 15.0. The monoisotopic (exact) mass is 312 g/mol. The topological polar surface area (TPSA) is 107 Å². The van der Waals surface area contributed by atoms with E-state index in [9.17, 15) is 23.4 Å². The van der Waals surface area contributed by atoms with Crippen LogP contribution in [0.1, 0.15) is 0 Å². The lowest BCUT2D eigenvalue weighted by atomic mass is 10.2. The van der Waals surface area contributed by atoms with Gasteiger partial charge in [0.25, 0.3) is 0 Å². The molecule has 1 amide bonds. The molecule has 0 radical (unpaired) electrons. The van der Waals surface area contributed by atoms with Crippen LogP contribution in [-0.4, -0.2) is 84.2 Å². The second kappa shape index (κ2) is 5.53. The van der Waals surface area contributed by atoms with E-state index in [1.165, 1.54) is 0 Å². The van der Waals surface area contributed by atoms with Gasteiger partial charge in [-0.1, -0.05) is 0 Å². The summed E-state index contributed by atoms with van der Waals surface area (Å²) in [5, 5.41) is 20.7. The van der Waals surface area contributed by atoms with Gasteiger partial charge in [0.05, 0.1) is 41.7 Å². The molecule has 3 N–H and O–H groups in total. The van der Waals surface area contributed by atoms with Gasteiger partial charge < -0.3 is 15.5 Å². The SMILES string of the molecule is O=C(CN1CC(O)C(O)C1)NC1CS(=O)(=O)CC1Cl. The number of hydrogen-bond donors (Lipinski definition) is 3. The van der Waals surface area contributed by atoms with Crippen molar-refractivity contribution in [2.45, 2.75) is 23.6 Å². The minimum absolute atomic E-state index is 0.00821. The van der Waals surface area contributed by atoms with E-state index in [1.807, 2.05) is 0 Å². The minimum Gasteiger partial charge on any atom is -0.389 e. The first-order valence-electron chi connectivity index (χ1n) is 5.99. The van der Waals surface area contributed by atoms with Gasteiger partial charge >= 0.3 is 0 Å². The van der Waals surface area contributed by atoms with Gasteiger partial charge in [0, 0.05) is 13.1 Å². The summed E-state index contributed by atoms with van der Waals surface area (Å²) in [5.74, 6) is -0.618. The Morgan fingerprint density at radius 3 is 2.32 bits per heavy atom. The van der Waals surface area contributed by atoms with Crippen LogP contribution in [0.25, 0.3) is 0 Å². The number of hydrogen-bond acceptors (Lipinski definition) is 6. The molecular weight excluding hydrogens is 296 g/mol. The summed E-state index contributed by atoms with van der Waals surface area (Å²) in [6.45, 7) is 0.456. The number of aliphatic hydroxyl groups is 2. The Bertz CT molecular complexity index is 447. The largest absolute Gasteiger partial charge is 0.389 e. The number of carbonyl (C=O) groups is 1. The summed E-state index contributed by atoms with van der Waals surface area (Å²) in [7, 11) is -3.18. The predicted octanol–water partition coefficient (Wildman–Crippen LogP) is -2.46. The number of sulfone groups is 1. The molecule has 7 nitrogen and oxygen atoms in total. The first-order chi connectivity index (χ1) is 8.77. The Kier molecular flexibility index (Phi) is 4.36. The summed E-state index contributed by atoms with van der Waals surface area (Å²) >= 11 is 5.88. The average molecular weight is 313 g/mol. The molecule has 0 aromatic carbocycles. The van der Waals surface area contributed by atoms with Crippen molar-refractivity contribution >= 4 is 27.3 Å². The predicted molar refractivity (Wildman–Crippen MR) is 68.7 cm³/mol. The van der Waals surface area contributed by atoms with Crippen LogP contribution in [0.15, 0.2) is 0 Å². The van der Waals surface area contributed by atoms with Crippen molar-refractivity contribution < 1.29 is 23.4 Å². The molecule has 2 saturated heterocycles. The molecule has 2 rings (SSSR count). The number of aliphatic hydroxyl groups excluding tert-OH is 2. The lowest BCUT2D eigenvalue weighted by Gasteiger charge is -2.18. The highest BCUT2D eigenvalue weighted by Gasteiger charge is 2.38. The fourth-order valence-corrected chi connectivity index (χ4v) is 4.92. The highest BCUT2D eigenvalue weighted by Crippen LogP contribution is 2.18. The number of alkyl halides is 1. The summed E-state index contributed by atoms with van der Waals surface area (Å²) in [5.41, 5.74) is 0. The van der Waals surface area contributed by atoms with Crippen LogP contribution in [0.2, 0.25) is 0 Å². The molecule has 2 aliphatic rings. The smallest absolute Gasteiger partial charge is 0.234 e. The summed E-state index contributed by atoms with van der Waals surface area (Å²) in [4.78, 5) is 13.4. The van der Waals surface area contributed by atoms with Gasteiger partial charge in [-0.3, -0.25) is 9.69 Å². The lowest BCUT2D eigenvalue weighted by molar-refractivity contribution is -0.122. The highest BCUT2D eigenvalue weighted by molar-refractivity contribution is 7.91. The van der Waals surface area contributed by atoms with Crippen molar-refractivity contribution in [3.8, 4) is 0 Å². The second-order valence-electron chi connectivity index (χ2n) is 5.10. The third-order valence-corrected chi connectivity index (χ3v) is 5.71. The zero-order chi connectivity index (χ0) is 14.2. The third kappa shape index (κ3) is 3.79. The van der Waals surface area contributed by atoms with Crippen LogP contribution in [-0.2, 0) is 14.6 Å². The van der Waals surface area contributed by atoms with Gasteiger partial charge in [-0.2, -0.15) is 0 Å². The lowest BCUT2D eigenvalue weighted by Crippen LogP contribution is -2.45. The molecule has 2 aliphatic heterocycles. The fraction of sp³-hybridized carbons (Fsp3) is 0.900. The van der Waals surface area contributed by atoms with E-state index >= 15 is 0 Å². The van der Waals surface area contributed by atoms with Gasteiger partial charge in [0.2, 0.25) is 5.91 Å². The second-order valence-corrected chi connectivity index (χ2v) is 7.81. The van der Waals surface area contributed by atoms with Crippen LogP contribution in [0.5, 0.6) is 0 Å². The summed E-state index contributed by atoms with van der Waals surface area (Å²) < 4.78 is 22.7. The van der Waals surface area contributed by atoms with Crippen LogP contribution in [0, 0.1) is 0 Å². The van der Waals surface area contributed by atoms with E-state index in [-0.39, 0.29) is 37.0 Å². The molecule has 0 bridgehead atoms. The maximum atomic E-state index is 11.8. The van der Waals surface area contributed by atoms with Gasteiger partial charge in [-0.05, 0) is 0 Å². The highest BCUT2D eigenvalue weighted by atomic mass is 35.5. The van der Waals surface area contributed by atoms with E-state index in [1.54, 1.807) is 4.90 Å². The Morgan fingerprint density at radius 1 is 1.26 bits per heavy atom. The Hall–Kier alpha value is -0.410. The average Bonchev–Trinajstić information content (AvgIpc) is 2.67. The number of carbonyl (C=O) groups excluding carboxylic acids is 1. The van der Waals surface area contributed by atoms with Gasteiger partial charge in [0.15, 0.2) is 9.84 Å². The third-order valence-electron chi connectivity index (χ3n) is 3.33. The van der Waals surface area contributed by atoms with Crippen LogP contribution in [0.3, 0.4) is 0 Å². The van der Waals surface area contributed by atoms with E-state index in [4.69, 9.17) is 11.6 Å². The molecular formula is C10H17ClN2O5S. The van der Waals surface area contributed by atoms with E-state index in [2.05, 4.69) is 5.32 Å². The molecule has 0 spiro atoms. The molecule has 4 unspecified atom stereocenters. The Labute approximate surface area is 116 Å². The molecule has 0 aromatic heterocycles. The molecule has 9 heteroatoms. The number of amides is 1. The zero-order valence-electron chi connectivity index (χ0n) is 10.2. The van der Waals surface area contributed by atoms with Crippen molar-refractivity contribution in [2.75, 3.05) is 31.1 Å². The van der Waals surface area contributed by atoms with E-state index < -0.39 is 33.5 Å². The van der Waals surface area contributed by atoms with Gasteiger partial charge in [-0.25, -0.2) is 8.42 Å². The van der Waals surface area contributed by atoms with Crippen molar-refractivity contribution in [2.24, 2.45) is 0 Å². The molecule has 110 valence electrons. The van der Waals surface area contributed by atoms with Crippen LogP contribution >= 0.6 is 11.6 Å². The fourth-order valence-electron chi connectivity index (χ4n) is 2.37. The molecule has 0 aliphatic carbocycles. The maximum Gasteiger partial charge on any atom is 0.234 e. The Balaban J connectivity index is 1.82.